The van der Waals surface area contributed by atoms with E-state index < -0.39 is 10.0 Å². The van der Waals surface area contributed by atoms with E-state index in [1.807, 2.05) is 17.0 Å². The van der Waals surface area contributed by atoms with Gasteiger partial charge in [0, 0.05) is 42.9 Å². The van der Waals surface area contributed by atoms with Crippen molar-refractivity contribution in [2.24, 2.45) is 0 Å². The van der Waals surface area contributed by atoms with Crippen LogP contribution in [0.15, 0.2) is 39.8 Å². The summed E-state index contributed by atoms with van der Waals surface area (Å²) in [6, 6.07) is 6.56. The minimum absolute atomic E-state index is 0.0284. The summed E-state index contributed by atoms with van der Waals surface area (Å²) in [7, 11) is -3.80. The van der Waals surface area contributed by atoms with Crippen molar-refractivity contribution in [1.82, 2.24) is 9.29 Å². The monoisotopic (exact) mass is 486 g/mol. The van der Waals surface area contributed by atoms with Gasteiger partial charge in [-0.15, -0.1) is 0 Å². The summed E-state index contributed by atoms with van der Waals surface area (Å²) in [5, 5.41) is 2.66. The average Bonchev–Trinajstić information content (AvgIpc) is 2.68. The Labute approximate surface area is 175 Å². The van der Waals surface area contributed by atoms with Crippen molar-refractivity contribution in [2.75, 3.05) is 43.0 Å². The average molecular weight is 488 g/mol. The van der Waals surface area contributed by atoms with Crippen LogP contribution in [0.25, 0.3) is 0 Å². The van der Waals surface area contributed by atoms with E-state index in [0.717, 1.165) is 10.3 Å². The zero-order valence-electron chi connectivity index (χ0n) is 14.6. The lowest BCUT2D eigenvalue weighted by molar-refractivity contribution is -0.118. The van der Waals surface area contributed by atoms with Gasteiger partial charge in [0.2, 0.25) is 10.0 Å². The van der Waals surface area contributed by atoms with Gasteiger partial charge < -0.3 is 15.0 Å². The van der Waals surface area contributed by atoms with Crippen molar-refractivity contribution in [3.8, 4) is 5.75 Å². The van der Waals surface area contributed by atoms with Crippen LogP contribution < -0.4 is 15.0 Å². The molecule has 2 aromatic rings. The minimum atomic E-state index is -3.80. The number of piperazine rings is 1. The number of sulfonamides is 1. The summed E-state index contributed by atoms with van der Waals surface area (Å²) in [6.45, 7) is 1.50. The highest BCUT2D eigenvalue weighted by atomic mass is 79.9. The number of hydrogen-bond donors (Lipinski definition) is 1. The fraction of sp³-hybridized carbons (Fsp3) is 0.294. The zero-order chi connectivity index (χ0) is 19.9. The first-order chi connectivity index (χ1) is 13.3. The molecule has 1 saturated heterocycles. The molecule has 1 N–H and O–H groups in total. The largest absolute Gasteiger partial charge is 0.482 e. The van der Waals surface area contributed by atoms with Crippen molar-refractivity contribution < 1.29 is 17.9 Å². The molecule has 0 radical (unpaired) electrons. The molecular weight excluding hydrogens is 472 g/mol. The maximum absolute atomic E-state index is 13.1. The molecule has 1 fully saturated rings. The minimum Gasteiger partial charge on any atom is -0.482 e. The van der Waals surface area contributed by atoms with E-state index in [9.17, 15) is 13.2 Å². The topological polar surface area (TPSA) is 91.8 Å². The Balaban J connectivity index is 1.53. The maximum atomic E-state index is 13.1. The van der Waals surface area contributed by atoms with Crippen molar-refractivity contribution in [3.05, 3.63) is 40.0 Å². The van der Waals surface area contributed by atoms with E-state index in [4.69, 9.17) is 16.3 Å². The smallest absolute Gasteiger partial charge is 0.262 e. The molecule has 0 atom stereocenters. The van der Waals surface area contributed by atoms with E-state index in [1.165, 1.54) is 16.4 Å². The van der Waals surface area contributed by atoms with Gasteiger partial charge in [-0.3, -0.25) is 4.79 Å². The third-order valence-corrected chi connectivity index (χ3v) is 7.39. The summed E-state index contributed by atoms with van der Waals surface area (Å²) >= 11 is 9.57. The molecule has 28 heavy (non-hydrogen) atoms. The second kappa shape index (κ2) is 7.51. The molecule has 8 nitrogen and oxygen atoms in total. The number of anilines is 2. The van der Waals surface area contributed by atoms with E-state index in [-0.39, 0.29) is 22.4 Å². The van der Waals surface area contributed by atoms with Gasteiger partial charge in [0.25, 0.3) is 5.91 Å². The Morgan fingerprint density at radius 1 is 1.18 bits per heavy atom. The fourth-order valence-electron chi connectivity index (χ4n) is 3.13. The Morgan fingerprint density at radius 3 is 2.61 bits per heavy atom. The highest BCUT2D eigenvalue weighted by Gasteiger charge is 2.32. The standard InChI is InChI=1S/C17H16BrClN4O4S/c18-11-1-2-16(20-9-11)22-3-5-23(6-4-22)28(25,26)15-8-14-13(7-12(15)19)21-17(24)10-27-14/h1-2,7-9H,3-6,10H2,(H,21,24). The lowest BCUT2D eigenvalue weighted by Crippen LogP contribution is -2.49. The van der Waals surface area contributed by atoms with Crippen LogP contribution in [0.3, 0.4) is 0 Å². The molecule has 2 aliphatic rings. The molecule has 0 unspecified atom stereocenters. The lowest BCUT2D eigenvalue weighted by Gasteiger charge is -2.35. The number of carbonyl (C=O) groups excluding carboxylic acids is 1. The Kier molecular flexibility index (Phi) is 5.21. The summed E-state index contributed by atoms with van der Waals surface area (Å²) in [6.07, 6.45) is 1.71. The van der Waals surface area contributed by atoms with E-state index in [0.29, 0.717) is 37.6 Å². The molecule has 3 heterocycles. The van der Waals surface area contributed by atoms with Crippen LogP contribution in [0.4, 0.5) is 11.5 Å². The molecular formula is C17H16BrClN4O4S. The summed E-state index contributed by atoms with van der Waals surface area (Å²) in [5.41, 5.74) is 0.367. The van der Waals surface area contributed by atoms with Crippen LogP contribution in [0, 0.1) is 0 Å². The molecule has 148 valence electrons. The van der Waals surface area contributed by atoms with Gasteiger partial charge in [-0.05, 0) is 34.1 Å². The number of pyridine rings is 1. The van der Waals surface area contributed by atoms with Crippen LogP contribution in [0.5, 0.6) is 5.75 Å². The second-order valence-electron chi connectivity index (χ2n) is 6.34. The van der Waals surface area contributed by atoms with Crippen molar-refractivity contribution >= 4 is 55.0 Å². The van der Waals surface area contributed by atoms with Gasteiger partial charge in [-0.2, -0.15) is 4.31 Å². The van der Waals surface area contributed by atoms with Crippen LogP contribution in [-0.4, -0.2) is 56.4 Å². The molecule has 11 heteroatoms. The molecule has 0 spiro atoms. The highest BCUT2D eigenvalue weighted by molar-refractivity contribution is 9.10. The van der Waals surface area contributed by atoms with Gasteiger partial charge in [-0.25, -0.2) is 13.4 Å². The van der Waals surface area contributed by atoms with Crippen LogP contribution in [0.2, 0.25) is 5.02 Å². The molecule has 0 saturated carbocycles. The second-order valence-corrected chi connectivity index (χ2v) is 9.57. The van der Waals surface area contributed by atoms with Crippen molar-refractivity contribution in [2.45, 2.75) is 4.90 Å². The Hall–Kier alpha value is -1.88. The predicted octanol–water partition coefficient (Wildman–Crippen LogP) is 2.34. The number of fused-ring (bicyclic) bond motifs is 1. The summed E-state index contributed by atoms with van der Waals surface area (Å²) < 4.78 is 33.8. The maximum Gasteiger partial charge on any atom is 0.262 e. The number of ether oxygens (including phenoxy) is 1. The van der Waals surface area contributed by atoms with Crippen LogP contribution in [-0.2, 0) is 14.8 Å². The predicted molar refractivity (Wildman–Crippen MR) is 108 cm³/mol. The highest BCUT2D eigenvalue weighted by Crippen LogP contribution is 2.37. The lowest BCUT2D eigenvalue weighted by atomic mass is 10.2. The van der Waals surface area contributed by atoms with E-state index in [1.54, 1.807) is 6.20 Å². The van der Waals surface area contributed by atoms with Gasteiger partial charge >= 0.3 is 0 Å². The van der Waals surface area contributed by atoms with E-state index >= 15 is 0 Å². The SMILES string of the molecule is O=C1COc2cc(S(=O)(=O)N3CCN(c4ccc(Br)cn4)CC3)c(Cl)cc2N1. The third kappa shape index (κ3) is 3.69. The fourth-order valence-corrected chi connectivity index (χ4v) is 5.31. The number of nitrogens with one attached hydrogen (secondary N) is 1. The zero-order valence-corrected chi connectivity index (χ0v) is 17.7. The van der Waals surface area contributed by atoms with Crippen molar-refractivity contribution in [1.29, 1.82) is 0 Å². The molecule has 1 aromatic heterocycles. The third-order valence-electron chi connectivity index (χ3n) is 4.56. The van der Waals surface area contributed by atoms with Gasteiger partial charge in [0.15, 0.2) is 6.61 Å². The number of benzene rings is 1. The molecule has 1 amide bonds. The van der Waals surface area contributed by atoms with Crippen LogP contribution >= 0.6 is 27.5 Å². The molecule has 1 aromatic carbocycles. The number of rotatable bonds is 3. The Bertz CT molecular complexity index is 1020. The number of amides is 1. The first kappa shape index (κ1) is 19.4. The summed E-state index contributed by atoms with van der Waals surface area (Å²) in [4.78, 5) is 17.8. The van der Waals surface area contributed by atoms with Gasteiger partial charge in [0.1, 0.15) is 16.5 Å². The Morgan fingerprint density at radius 2 is 1.93 bits per heavy atom. The summed E-state index contributed by atoms with van der Waals surface area (Å²) in [5.74, 6) is 0.785. The van der Waals surface area contributed by atoms with Gasteiger partial charge in [0.05, 0.1) is 10.7 Å². The van der Waals surface area contributed by atoms with Crippen LogP contribution in [0.1, 0.15) is 0 Å². The molecule has 0 bridgehead atoms. The number of halogens is 2. The normalized spacial score (nSPS) is 17.6. The number of nitrogens with zero attached hydrogens (tertiary/aromatic N) is 3. The molecule has 4 rings (SSSR count). The first-order valence-electron chi connectivity index (χ1n) is 8.47. The number of carbonyl (C=O) groups is 1. The first-order valence-corrected chi connectivity index (χ1v) is 11.1. The van der Waals surface area contributed by atoms with E-state index in [2.05, 4.69) is 26.2 Å². The molecule has 2 aliphatic heterocycles. The van der Waals surface area contributed by atoms with Gasteiger partial charge in [-0.1, -0.05) is 11.6 Å². The quantitative estimate of drug-likeness (QED) is 0.714. The number of aromatic nitrogens is 1. The number of hydrogen-bond acceptors (Lipinski definition) is 6. The van der Waals surface area contributed by atoms with Crippen molar-refractivity contribution in [3.63, 3.8) is 0 Å². The molecule has 0 aliphatic carbocycles.